The number of carbonyl (C=O) groups is 1. The second-order valence-electron chi connectivity index (χ2n) is 4.50. The molecule has 2 aromatic carbocycles. The third-order valence-electron chi connectivity index (χ3n) is 3.02. The predicted molar refractivity (Wildman–Crippen MR) is 77.4 cm³/mol. The number of ketones is 1. The summed E-state index contributed by atoms with van der Waals surface area (Å²) in [4.78, 5) is 12.5. The maximum atomic E-state index is 12.5. The quantitative estimate of drug-likeness (QED) is 0.784. The van der Waals surface area contributed by atoms with E-state index in [1.807, 2.05) is 32.0 Å². The van der Waals surface area contributed by atoms with Crippen molar-refractivity contribution in [2.24, 2.45) is 0 Å². The monoisotopic (exact) mass is 274 g/mol. The summed E-state index contributed by atoms with van der Waals surface area (Å²) in [6.07, 6.45) is 0. The van der Waals surface area contributed by atoms with Crippen molar-refractivity contribution in [2.45, 2.75) is 13.8 Å². The van der Waals surface area contributed by atoms with Crippen LogP contribution < -0.4 is 4.74 Å². The molecule has 0 saturated carbocycles. The summed E-state index contributed by atoms with van der Waals surface area (Å²) in [5, 5.41) is 0.660. The molecule has 0 radical (unpaired) electrons. The molecule has 98 valence electrons. The molecule has 0 aliphatic heterocycles. The Bertz CT molecular complexity index is 633. The molecule has 2 aromatic rings. The molecule has 19 heavy (non-hydrogen) atoms. The number of carbonyl (C=O) groups excluding carboxylic acids is 1. The summed E-state index contributed by atoms with van der Waals surface area (Å²) < 4.78 is 5.25. The summed E-state index contributed by atoms with van der Waals surface area (Å²) in [6, 6.07) is 10.8. The number of aryl methyl sites for hydroxylation is 2. The predicted octanol–water partition coefficient (Wildman–Crippen LogP) is 4.20. The Morgan fingerprint density at radius 2 is 1.84 bits per heavy atom. The van der Waals surface area contributed by atoms with Gasteiger partial charge in [-0.15, -0.1) is 0 Å². The number of ether oxygens (including phenoxy) is 1. The molecule has 0 spiro atoms. The number of benzene rings is 2. The van der Waals surface area contributed by atoms with E-state index in [1.54, 1.807) is 25.3 Å². The zero-order chi connectivity index (χ0) is 14.0. The lowest BCUT2D eigenvalue weighted by molar-refractivity contribution is 0.103. The van der Waals surface area contributed by atoms with Crippen LogP contribution in [0.4, 0.5) is 0 Å². The first kappa shape index (κ1) is 13.6. The zero-order valence-electron chi connectivity index (χ0n) is 11.2. The van der Waals surface area contributed by atoms with Crippen LogP contribution in [0.1, 0.15) is 27.0 Å². The van der Waals surface area contributed by atoms with E-state index < -0.39 is 0 Å². The minimum absolute atomic E-state index is 0.0553. The van der Waals surface area contributed by atoms with Crippen LogP contribution in [-0.2, 0) is 0 Å². The first-order valence-electron chi connectivity index (χ1n) is 5.98. The van der Waals surface area contributed by atoms with Gasteiger partial charge in [0.25, 0.3) is 0 Å². The highest BCUT2D eigenvalue weighted by Crippen LogP contribution is 2.24. The lowest BCUT2D eigenvalue weighted by Gasteiger charge is -2.09. The second-order valence-corrected chi connectivity index (χ2v) is 4.90. The summed E-state index contributed by atoms with van der Waals surface area (Å²) in [7, 11) is 1.56. The van der Waals surface area contributed by atoms with Crippen molar-refractivity contribution in [2.75, 3.05) is 7.11 Å². The molecule has 0 aliphatic carbocycles. The number of halogens is 1. The maximum Gasteiger partial charge on any atom is 0.196 e. The molecule has 0 unspecified atom stereocenters. The van der Waals surface area contributed by atoms with E-state index in [0.29, 0.717) is 21.9 Å². The highest BCUT2D eigenvalue weighted by Gasteiger charge is 2.15. The molecule has 0 amide bonds. The topological polar surface area (TPSA) is 26.3 Å². The van der Waals surface area contributed by atoms with Gasteiger partial charge in [0.05, 0.1) is 12.7 Å². The van der Waals surface area contributed by atoms with Gasteiger partial charge in [0.15, 0.2) is 5.78 Å². The van der Waals surface area contributed by atoms with Crippen molar-refractivity contribution in [3.8, 4) is 5.75 Å². The van der Waals surface area contributed by atoms with Gasteiger partial charge < -0.3 is 4.74 Å². The minimum Gasteiger partial charge on any atom is -0.496 e. The number of methoxy groups -OCH3 is 1. The Labute approximate surface area is 118 Å². The molecule has 2 rings (SSSR count). The largest absolute Gasteiger partial charge is 0.496 e. The molecule has 0 atom stereocenters. The Morgan fingerprint density at radius 1 is 1.11 bits per heavy atom. The zero-order valence-corrected chi connectivity index (χ0v) is 11.9. The fourth-order valence-electron chi connectivity index (χ4n) is 1.94. The smallest absolute Gasteiger partial charge is 0.196 e. The molecule has 0 N–H and O–H groups in total. The van der Waals surface area contributed by atoms with Crippen LogP contribution in [0.15, 0.2) is 36.4 Å². The molecular weight excluding hydrogens is 260 g/mol. The molecule has 0 aromatic heterocycles. The molecule has 3 heteroatoms. The Morgan fingerprint density at radius 3 is 2.47 bits per heavy atom. The van der Waals surface area contributed by atoms with Crippen molar-refractivity contribution in [1.29, 1.82) is 0 Å². The van der Waals surface area contributed by atoms with Gasteiger partial charge >= 0.3 is 0 Å². The van der Waals surface area contributed by atoms with Gasteiger partial charge in [-0.25, -0.2) is 0 Å². The van der Waals surface area contributed by atoms with E-state index in [9.17, 15) is 4.79 Å². The van der Waals surface area contributed by atoms with Crippen LogP contribution in [0.25, 0.3) is 0 Å². The highest BCUT2D eigenvalue weighted by atomic mass is 35.5. The number of rotatable bonds is 3. The first-order chi connectivity index (χ1) is 9.02. The van der Waals surface area contributed by atoms with E-state index in [-0.39, 0.29) is 5.78 Å². The number of hydrogen-bond donors (Lipinski definition) is 0. The average Bonchev–Trinajstić information content (AvgIpc) is 2.41. The van der Waals surface area contributed by atoms with Gasteiger partial charge in [-0.2, -0.15) is 0 Å². The summed E-state index contributed by atoms with van der Waals surface area (Å²) in [5.74, 6) is 0.531. The fourth-order valence-corrected chi connectivity index (χ4v) is 2.06. The van der Waals surface area contributed by atoms with Crippen LogP contribution in [0.2, 0.25) is 5.02 Å². The Kier molecular flexibility index (Phi) is 3.91. The van der Waals surface area contributed by atoms with Gasteiger partial charge in [-0.1, -0.05) is 23.2 Å². The summed E-state index contributed by atoms with van der Waals surface area (Å²) in [6.45, 7) is 3.83. The van der Waals surface area contributed by atoms with E-state index in [0.717, 1.165) is 11.1 Å². The van der Waals surface area contributed by atoms with Crippen molar-refractivity contribution < 1.29 is 9.53 Å². The first-order valence-corrected chi connectivity index (χ1v) is 6.36. The Hall–Kier alpha value is -1.80. The molecule has 0 saturated heterocycles. The van der Waals surface area contributed by atoms with Gasteiger partial charge in [-0.3, -0.25) is 4.79 Å². The molecule has 0 aliphatic rings. The fraction of sp³-hybridized carbons (Fsp3) is 0.188. The van der Waals surface area contributed by atoms with Crippen LogP contribution in [0.3, 0.4) is 0 Å². The molecule has 2 nitrogen and oxygen atoms in total. The van der Waals surface area contributed by atoms with E-state index in [4.69, 9.17) is 16.3 Å². The standard InChI is InChI=1S/C16H15ClO2/c1-10-4-7-15(19-3)13(8-10)16(18)12-5-6-14(17)11(2)9-12/h4-9H,1-3H3. The third kappa shape index (κ3) is 2.79. The third-order valence-corrected chi connectivity index (χ3v) is 3.44. The molecule has 0 heterocycles. The second kappa shape index (κ2) is 5.45. The van der Waals surface area contributed by atoms with Crippen molar-refractivity contribution >= 4 is 17.4 Å². The maximum absolute atomic E-state index is 12.5. The molecule has 0 fully saturated rings. The average molecular weight is 275 g/mol. The van der Waals surface area contributed by atoms with Crippen molar-refractivity contribution in [1.82, 2.24) is 0 Å². The Balaban J connectivity index is 2.49. The van der Waals surface area contributed by atoms with Crippen LogP contribution in [0.5, 0.6) is 5.75 Å². The van der Waals surface area contributed by atoms with Crippen LogP contribution in [-0.4, -0.2) is 12.9 Å². The van der Waals surface area contributed by atoms with Gasteiger partial charge in [-0.05, 0) is 49.7 Å². The van der Waals surface area contributed by atoms with E-state index in [1.165, 1.54) is 0 Å². The lowest BCUT2D eigenvalue weighted by Crippen LogP contribution is -2.04. The SMILES string of the molecule is COc1ccc(C)cc1C(=O)c1ccc(Cl)c(C)c1. The van der Waals surface area contributed by atoms with Crippen LogP contribution in [0, 0.1) is 13.8 Å². The summed E-state index contributed by atoms with van der Waals surface area (Å²) in [5.41, 5.74) is 3.10. The van der Waals surface area contributed by atoms with E-state index >= 15 is 0 Å². The minimum atomic E-state index is -0.0553. The van der Waals surface area contributed by atoms with Gasteiger partial charge in [0.2, 0.25) is 0 Å². The summed E-state index contributed by atoms with van der Waals surface area (Å²) >= 11 is 5.98. The molecule has 0 bridgehead atoms. The van der Waals surface area contributed by atoms with Crippen molar-refractivity contribution in [3.05, 3.63) is 63.7 Å². The van der Waals surface area contributed by atoms with Gasteiger partial charge in [0, 0.05) is 10.6 Å². The van der Waals surface area contributed by atoms with Crippen LogP contribution >= 0.6 is 11.6 Å². The normalized spacial score (nSPS) is 10.3. The molecular formula is C16H15ClO2. The highest BCUT2D eigenvalue weighted by molar-refractivity contribution is 6.31. The van der Waals surface area contributed by atoms with Crippen molar-refractivity contribution in [3.63, 3.8) is 0 Å². The van der Waals surface area contributed by atoms with Gasteiger partial charge in [0.1, 0.15) is 5.75 Å². The number of hydrogen-bond acceptors (Lipinski definition) is 2. The van der Waals surface area contributed by atoms with E-state index in [2.05, 4.69) is 0 Å². The lowest BCUT2D eigenvalue weighted by atomic mass is 9.99.